The molecule has 7 nitrogen and oxygen atoms in total. The van der Waals surface area contributed by atoms with Gasteiger partial charge in [-0.15, -0.1) is 0 Å². The maximum atomic E-state index is 13.2. The maximum absolute atomic E-state index is 13.2. The van der Waals surface area contributed by atoms with E-state index in [1.165, 1.54) is 26.2 Å². The normalized spacial score (nSPS) is 17.5. The Balaban J connectivity index is 2.31. The van der Waals surface area contributed by atoms with Gasteiger partial charge in [0.25, 0.3) is 11.7 Å². The summed E-state index contributed by atoms with van der Waals surface area (Å²) in [4.78, 5) is 27.7. The molecule has 0 aliphatic carbocycles. The minimum Gasteiger partial charge on any atom is -0.507 e. The molecule has 1 saturated heterocycles. The first-order chi connectivity index (χ1) is 15.4. The first-order valence-electron chi connectivity index (χ1n) is 10.5. The molecular weight excluding hydrogens is 410 g/mol. The number of carbonyl (C=O) groups excluding carboxylic acids is 2. The molecular formula is C25H29NO6. The Morgan fingerprint density at radius 3 is 2.38 bits per heavy atom. The van der Waals surface area contributed by atoms with Gasteiger partial charge in [0.2, 0.25) is 0 Å². The van der Waals surface area contributed by atoms with Crippen molar-refractivity contribution in [1.82, 2.24) is 4.90 Å². The Kier molecular flexibility index (Phi) is 7.08. The summed E-state index contributed by atoms with van der Waals surface area (Å²) in [6.07, 6.45) is 1.56. The lowest BCUT2D eigenvalue weighted by Gasteiger charge is -2.27. The van der Waals surface area contributed by atoms with Gasteiger partial charge in [-0.1, -0.05) is 37.1 Å². The Morgan fingerprint density at radius 2 is 1.75 bits per heavy atom. The first kappa shape index (κ1) is 23.2. The molecule has 0 saturated carbocycles. The summed E-state index contributed by atoms with van der Waals surface area (Å²) >= 11 is 0. The summed E-state index contributed by atoms with van der Waals surface area (Å²) < 4.78 is 16.4. The van der Waals surface area contributed by atoms with Crippen molar-refractivity contribution in [2.24, 2.45) is 0 Å². The number of methoxy groups -OCH3 is 3. The lowest BCUT2D eigenvalue weighted by atomic mass is 9.93. The molecule has 0 bridgehead atoms. The third-order valence-electron chi connectivity index (χ3n) is 5.63. The average molecular weight is 440 g/mol. The van der Waals surface area contributed by atoms with Gasteiger partial charge < -0.3 is 24.2 Å². The number of para-hydroxylation sites is 1. The number of benzene rings is 2. The number of nitrogens with zero attached hydrogens (tertiary/aromatic N) is 1. The molecule has 1 fully saturated rings. The van der Waals surface area contributed by atoms with E-state index in [2.05, 4.69) is 0 Å². The molecule has 2 aromatic rings. The lowest BCUT2D eigenvalue weighted by Crippen LogP contribution is -2.30. The fraction of sp³-hybridized carbons (Fsp3) is 0.360. The summed E-state index contributed by atoms with van der Waals surface area (Å²) in [5, 5.41) is 11.3. The van der Waals surface area contributed by atoms with E-state index in [-0.39, 0.29) is 11.3 Å². The topological polar surface area (TPSA) is 85.3 Å². The van der Waals surface area contributed by atoms with Gasteiger partial charge in [0.15, 0.2) is 11.5 Å². The lowest BCUT2D eigenvalue weighted by molar-refractivity contribution is -0.139. The zero-order valence-electron chi connectivity index (χ0n) is 19.1. The number of hydrogen-bond donors (Lipinski definition) is 1. The predicted octanol–water partition coefficient (Wildman–Crippen LogP) is 4.24. The van der Waals surface area contributed by atoms with Crippen LogP contribution in [-0.4, -0.2) is 49.6 Å². The zero-order valence-corrected chi connectivity index (χ0v) is 19.1. The fourth-order valence-electron chi connectivity index (χ4n) is 4.04. The van der Waals surface area contributed by atoms with Gasteiger partial charge in [-0.2, -0.15) is 0 Å². The minimum atomic E-state index is -0.822. The van der Waals surface area contributed by atoms with E-state index in [1.807, 2.05) is 19.9 Å². The van der Waals surface area contributed by atoms with Crippen LogP contribution in [0, 0.1) is 6.92 Å². The molecule has 1 heterocycles. The van der Waals surface area contributed by atoms with Crippen LogP contribution in [0.5, 0.6) is 17.2 Å². The number of rotatable bonds is 8. The SMILES string of the molecule is CCCCN1C(=O)C(=O)/C(=C(/O)c2cc(C)ccc2OC)C1c1cccc(OC)c1OC. The highest BCUT2D eigenvalue weighted by Gasteiger charge is 2.47. The average Bonchev–Trinajstić information content (AvgIpc) is 3.06. The Morgan fingerprint density at radius 1 is 1.03 bits per heavy atom. The minimum absolute atomic E-state index is 0.00144. The Bertz CT molecular complexity index is 1060. The number of amides is 1. The predicted molar refractivity (Wildman–Crippen MR) is 121 cm³/mol. The van der Waals surface area contributed by atoms with Gasteiger partial charge >= 0.3 is 0 Å². The number of aryl methyl sites for hydroxylation is 1. The van der Waals surface area contributed by atoms with E-state index < -0.39 is 17.7 Å². The molecule has 1 N–H and O–H groups in total. The van der Waals surface area contributed by atoms with Crippen molar-refractivity contribution in [2.75, 3.05) is 27.9 Å². The Hall–Kier alpha value is -3.48. The molecule has 1 unspecified atom stereocenters. The van der Waals surface area contributed by atoms with E-state index in [9.17, 15) is 14.7 Å². The van der Waals surface area contributed by atoms with Crippen LogP contribution in [0.3, 0.4) is 0 Å². The maximum Gasteiger partial charge on any atom is 0.295 e. The molecule has 1 amide bonds. The molecule has 2 aromatic carbocycles. The van der Waals surface area contributed by atoms with Crippen molar-refractivity contribution in [1.29, 1.82) is 0 Å². The van der Waals surface area contributed by atoms with Crippen molar-refractivity contribution in [3.63, 3.8) is 0 Å². The number of ether oxygens (including phenoxy) is 3. The van der Waals surface area contributed by atoms with Gasteiger partial charge in [0.05, 0.1) is 38.5 Å². The second kappa shape index (κ2) is 9.77. The molecule has 1 atom stereocenters. The van der Waals surface area contributed by atoms with Crippen LogP contribution in [0.2, 0.25) is 0 Å². The molecule has 1 aliphatic heterocycles. The number of aliphatic hydroxyl groups is 1. The van der Waals surface area contributed by atoms with Crippen LogP contribution in [0.1, 0.15) is 42.5 Å². The number of unbranched alkanes of at least 4 members (excludes halogenated alkanes) is 1. The van der Waals surface area contributed by atoms with Gasteiger partial charge in [0.1, 0.15) is 11.5 Å². The van der Waals surface area contributed by atoms with E-state index in [0.29, 0.717) is 41.3 Å². The van der Waals surface area contributed by atoms with Crippen LogP contribution in [0.25, 0.3) is 5.76 Å². The van der Waals surface area contributed by atoms with Crippen molar-refractivity contribution in [3.8, 4) is 17.2 Å². The summed E-state index contributed by atoms with van der Waals surface area (Å²) in [7, 11) is 4.51. The third-order valence-corrected chi connectivity index (χ3v) is 5.63. The quantitative estimate of drug-likeness (QED) is 0.376. The molecule has 170 valence electrons. The molecule has 3 rings (SSSR count). The van der Waals surface area contributed by atoms with Gasteiger partial charge in [-0.05, 0) is 31.5 Å². The summed E-state index contributed by atoms with van der Waals surface area (Å²) in [5.74, 6) is -0.384. The van der Waals surface area contributed by atoms with Crippen LogP contribution in [0.15, 0.2) is 42.0 Å². The van der Waals surface area contributed by atoms with E-state index in [0.717, 1.165) is 12.0 Å². The number of ketones is 1. The van der Waals surface area contributed by atoms with Crippen molar-refractivity contribution >= 4 is 17.4 Å². The molecule has 0 aromatic heterocycles. The van der Waals surface area contributed by atoms with Crippen molar-refractivity contribution in [3.05, 3.63) is 58.7 Å². The molecule has 0 radical (unpaired) electrons. The molecule has 0 spiro atoms. The number of Topliss-reactive ketones (excluding diaryl/α,β-unsaturated/α-hetero) is 1. The van der Waals surface area contributed by atoms with Gasteiger partial charge in [-0.3, -0.25) is 9.59 Å². The number of likely N-dealkylation sites (tertiary alicyclic amines) is 1. The van der Waals surface area contributed by atoms with Gasteiger partial charge in [0, 0.05) is 12.1 Å². The van der Waals surface area contributed by atoms with E-state index >= 15 is 0 Å². The second-order valence-corrected chi connectivity index (χ2v) is 7.63. The molecule has 1 aliphatic rings. The Labute approximate surface area is 188 Å². The zero-order chi connectivity index (χ0) is 23.4. The van der Waals surface area contributed by atoms with Crippen LogP contribution < -0.4 is 14.2 Å². The van der Waals surface area contributed by atoms with Crippen LogP contribution in [-0.2, 0) is 9.59 Å². The number of hydrogen-bond acceptors (Lipinski definition) is 6. The second-order valence-electron chi connectivity index (χ2n) is 7.63. The van der Waals surface area contributed by atoms with Crippen molar-refractivity contribution < 1.29 is 28.9 Å². The van der Waals surface area contributed by atoms with Gasteiger partial charge in [-0.25, -0.2) is 0 Å². The summed E-state index contributed by atoms with van der Waals surface area (Å²) in [6.45, 7) is 4.25. The highest BCUT2D eigenvalue weighted by molar-refractivity contribution is 6.46. The van der Waals surface area contributed by atoms with E-state index in [4.69, 9.17) is 14.2 Å². The fourth-order valence-corrected chi connectivity index (χ4v) is 4.04. The number of aliphatic hydroxyl groups excluding tert-OH is 1. The highest BCUT2D eigenvalue weighted by atomic mass is 16.5. The largest absolute Gasteiger partial charge is 0.507 e. The third kappa shape index (κ3) is 4.02. The summed E-state index contributed by atoms with van der Waals surface area (Å²) in [6, 6.07) is 9.76. The van der Waals surface area contributed by atoms with Crippen LogP contribution >= 0.6 is 0 Å². The first-order valence-corrected chi connectivity index (χ1v) is 10.5. The monoisotopic (exact) mass is 439 g/mol. The standard InChI is InChI=1S/C25H29NO6/c1-6-7-13-26-21(16-9-8-10-19(31-4)24(16)32-5)20(23(28)25(26)29)22(27)17-14-15(2)11-12-18(17)30-3/h8-12,14,21,27H,6-7,13H2,1-5H3/b22-20+. The molecule has 7 heteroatoms. The van der Waals surface area contributed by atoms with Crippen molar-refractivity contribution in [2.45, 2.75) is 32.7 Å². The smallest absolute Gasteiger partial charge is 0.295 e. The molecule has 32 heavy (non-hydrogen) atoms. The summed E-state index contributed by atoms with van der Waals surface area (Å²) in [5.41, 5.74) is 1.80. The van der Waals surface area contributed by atoms with Crippen LogP contribution in [0.4, 0.5) is 0 Å². The number of carbonyl (C=O) groups is 2. The highest BCUT2D eigenvalue weighted by Crippen LogP contribution is 2.46. The van der Waals surface area contributed by atoms with E-state index in [1.54, 1.807) is 30.3 Å².